The van der Waals surface area contributed by atoms with Gasteiger partial charge in [0.1, 0.15) is 0 Å². The minimum atomic E-state index is -4.18. The average Bonchev–Trinajstić information content (AvgIpc) is 2.73. The first kappa shape index (κ1) is 28.5. The molecule has 6 nitrogen and oxygen atoms in total. The number of rotatable bonds is 15. The van der Waals surface area contributed by atoms with Crippen LogP contribution in [0, 0.1) is 13.8 Å². The molecule has 0 aliphatic carbocycles. The van der Waals surface area contributed by atoms with Gasteiger partial charge in [0.05, 0.1) is 9.79 Å². The van der Waals surface area contributed by atoms with Crippen LogP contribution >= 0.6 is 0 Å². The van der Waals surface area contributed by atoms with E-state index in [4.69, 9.17) is 0 Å². The monoisotopic (exact) mass is 510 g/mol. The van der Waals surface area contributed by atoms with E-state index in [0.717, 1.165) is 62.5 Å². The van der Waals surface area contributed by atoms with Crippen molar-refractivity contribution in [2.45, 2.75) is 101 Å². The van der Waals surface area contributed by atoms with E-state index >= 15 is 0 Å². The van der Waals surface area contributed by atoms with Crippen LogP contribution in [0.5, 0.6) is 0 Å². The molecule has 0 bridgehead atoms. The number of aryl methyl sites for hydroxylation is 4. The zero-order chi connectivity index (χ0) is 25.2. The van der Waals surface area contributed by atoms with Crippen LogP contribution in [0.25, 0.3) is 0 Å². The fourth-order valence-corrected chi connectivity index (χ4v) is 5.82. The molecule has 0 amide bonds. The lowest BCUT2D eigenvalue weighted by molar-refractivity contribution is 0.479. The molecule has 190 valence electrons. The second-order valence-electron chi connectivity index (χ2n) is 9.21. The molecule has 0 saturated carbocycles. The molecule has 0 saturated heterocycles. The predicted octanol–water partition coefficient (Wildman–Crippen LogP) is 6.48. The number of hydrogen-bond acceptors (Lipinski definition) is 4. The maximum Gasteiger partial charge on any atom is 0.294 e. The van der Waals surface area contributed by atoms with Crippen LogP contribution in [0.1, 0.15) is 86.5 Å². The van der Waals surface area contributed by atoms with Crippen LogP contribution in [-0.2, 0) is 33.1 Å². The van der Waals surface area contributed by atoms with Crippen molar-refractivity contribution in [2.75, 3.05) is 0 Å². The molecule has 0 unspecified atom stereocenters. The standard InChI is InChI=1S/C26H38O6S2/c1-21-15-17-25(33(27,28)29)23(19-21)13-11-9-7-5-3-4-6-8-10-12-14-24-20-22(2)16-18-26(24)34(30,31)32/h15-20H,3-14H2,1-2H3,(H,27,28,29)(H,30,31,32). The zero-order valence-corrected chi connectivity index (χ0v) is 21.9. The third-order valence-corrected chi connectivity index (χ3v) is 8.04. The van der Waals surface area contributed by atoms with E-state index < -0.39 is 20.2 Å². The summed E-state index contributed by atoms with van der Waals surface area (Å²) in [4.78, 5) is 0.0458. The van der Waals surface area contributed by atoms with Crippen molar-refractivity contribution in [1.29, 1.82) is 0 Å². The van der Waals surface area contributed by atoms with Crippen molar-refractivity contribution in [3.63, 3.8) is 0 Å². The quantitative estimate of drug-likeness (QED) is 0.210. The Hall–Kier alpha value is -1.74. The van der Waals surface area contributed by atoms with Gasteiger partial charge >= 0.3 is 0 Å². The molecule has 2 aromatic carbocycles. The number of benzene rings is 2. The van der Waals surface area contributed by atoms with Gasteiger partial charge in [-0.2, -0.15) is 16.8 Å². The van der Waals surface area contributed by atoms with Gasteiger partial charge < -0.3 is 0 Å². The molecular formula is C26H38O6S2. The molecule has 0 fully saturated rings. The van der Waals surface area contributed by atoms with Crippen molar-refractivity contribution < 1.29 is 25.9 Å². The van der Waals surface area contributed by atoms with Crippen molar-refractivity contribution >= 4 is 20.2 Å². The van der Waals surface area contributed by atoms with Gasteiger partial charge in [-0.05, 0) is 62.8 Å². The molecule has 0 atom stereocenters. The summed E-state index contributed by atoms with van der Waals surface area (Å²) in [5.41, 5.74) is 3.36. The fraction of sp³-hybridized carbons (Fsp3) is 0.538. The van der Waals surface area contributed by atoms with E-state index in [9.17, 15) is 25.9 Å². The maximum absolute atomic E-state index is 11.5. The van der Waals surface area contributed by atoms with Crippen LogP contribution in [0.4, 0.5) is 0 Å². The van der Waals surface area contributed by atoms with Crippen molar-refractivity contribution in [1.82, 2.24) is 0 Å². The van der Waals surface area contributed by atoms with Crippen molar-refractivity contribution in [2.24, 2.45) is 0 Å². The Morgan fingerprint density at radius 3 is 1.12 bits per heavy atom. The number of unbranched alkanes of at least 4 members (excludes halogenated alkanes) is 9. The highest BCUT2D eigenvalue weighted by atomic mass is 32.2. The van der Waals surface area contributed by atoms with Gasteiger partial charge in [0, 0.05) is 0 Å². The highest BCUT2D eigenvalue weighted by Crippen LogP contribution is 2.22. The van der Waals surface area contributed by atoms with E-state index in [1.807, 2.05) is 26.0 Å². The lowest BCUT2D eigenvalue weighted by Crippen LogP contribution is -2.04. The minimum Gasteiger partial charge on any atom is -0.282 e. The molecule has 0 aromatic heterocycles. The van der Waals surface area contributed by atoms with Gasteiger partial charge in [0.25, 0.3) is 20.2 Å². The van der Waals surface area contributed by atoms with Crippen LogP contribution in [0.15, 0.2) is 46.2 Å². The predicted molar refractivity (Wildman–Crippen MR) is 136 cm³/mol. The van der Waals surface area contributed by atoms with Gasteiger partial charge in [-0.1, -0.05) is 86.8 Å². The minimum absolute atomic E-state index is 0.0229. The summed E-state index contributed by atoms with van der Waals surface area (Å²) in [5, 5.41) is 0. The Balaban J connectivity index is 1.56. The molecule has 2 rings (SSSR count). The normalized spacial score (nSPS) is 12.2. The molecule has 0 heterocycles. The third kappa shape index (κ3) is 9.86. The Kier molecular flexibility index (Phi) is 11.2. The highest BCUT2D eigenvalue weighted by Gasteiger charge is 2.16. The van der Waals surface area contributed by atoms with Crippen molar-refractivity contribution in [3.05, 3.63) is 58.7 Å². The summed E-state index contributed by atoms with van der Waals surface area (Å²) in [5.74, 6) is 0. The topological polar surface area (TPSA) is 109 Å². The second kappa shape index (κ2) is 13.4. The summed E-state index contributed by atoms with van der Waals surface area (Å²) in [6.45, 7) is 3.83. The summed E-state index contributed by atoms with van der Waals surface area (Å²) >= 11 is 0. The molecule has 2 aromatic rings. The van der Waals surface area contributed by atoms with E-state index in [0.29, 0.717) is 24.0 Å². The molecule has 0 aliphatic heterocycles. The molecule has 8 heteroatoms. The summed E-state index contributed by atoms with van der Waals surface area (Å²) < 4.78 is 64.9. The largest absolute Gasteiger partial charge is 0.294 e. The van der Waals surface area contributed by atoms with E-state index in [2.05, 4.69) is 0 Å². The fourth-order valence-electron chi connectivity index (χ4n) is 4.36. The lowest BCUT2D eigenvalue weighted by Gasteiger charge is -2.09. The Morgan fingerprint density at radius 2 is 0.824 bits per heavy atom. The Labute approximate surface area is 205 Å². The van der Waals surface area contributed by atoms with Crippen LogP contribution in [0.3, 0.4) is 0 Å². The smallest absolute Gasteiger partial charge is 0.282 e. The average molecular weight is 511 g/mol. The van der Waals surface area contributed by atoms with E-state index in [1.165, 1.54) is 25.0 Å². The molecule has 0 spiro atoms. The SMILES string of the molecule is Cc1ccc(S(=O)(=O)O)c(CCCCCCCCCCCCc2cc(C)ccc2S(=O)(=O)O)c1. The van der Waals surface area contributed by atoms with Gasteiger partial charge in [0.2, 0.25) is 0 Å². The summed E-state index contributed by atoms with van der Waals surface area (Å²) in [6.07, 6.45) is 12.0. The van der Waals surface area contributed by atoms with E-state index in [1.54, 1.807) is 12.1 Å². The van der Waals surface area contributed by atoms with Gasteiger partial charge in [-0.15, -0.1) is 0 Å². The third-order valence-electron chi connectivity index (χ3n) is 6.13. The Morgan fingerprint density at radius 1 is 0.529 bits per heavy atom. The van der Waals surface area contributed by atoms with Gasteiger partial charge in [-0.25, -0.2) is 0 Å². The van der Waals surface area contributed by atoms with Crippen LogP contribution in [0.2, 0.25) is 0 Å². The maximum atomic E-state index is 11.5. The molecular weight excluding hydrogens is 472 g/mol. The number of hydrogen-bond donors (Lipinski definition) is 2. The van der Waals surface area contributed by atoms with Gasteiger partial charge in [0.15, 0.2) is 0 Å². The first-order valence-electron chi connectivity index (χ1n) is 12.1. The van der Waals surface area contributed by atoms with Gasteiger partial charge in [-0.3, -0.25) is 9.11 Å². The first-order chi connectivity index (χ1) is 16.0. The molecule has 2 N–H and O–H groups in total. The zero-order valence-electron chi connectivity index (χ0n) is 20.3. The van der Waals surface area contributed by atoms with Crippen LogP contribution in [-0.4, -0.2) is 25.9 Å². The molecule has 0 radical (unpaired) electrons. The highest BCUT2D eigenvalue weighted by molar-refractivity contribution is 7.86. The first-order valence-corrected chi connectivity index (χ1v) is 15.0. The summed E-state index contributed by atoms with van der Waals surface area (Å²) in [7, 11) is -8.36. The van der Waals surface area contributed by atoms with Crippen LogP contribution < -0.4 is 0 Å². The molecule has 34 heavy (non-hydrogen) atoms. The second-order valence-corrected chi connectivity index (χ2v) is 12.0. The van der Waals surface area contributed by atoms with Crippen molar-refractivity contribution in [3.8, 4) is 0 Å². The summed E-state index contributed by atoms with van der Waals surface area (Å²) in [6, 6.07) is 10.0. The van der Waals surface area contributed by atoms with E-state index in [-0.39, 0.29) is 9.79 Å². The Bertz CT molecular complexity index is 1050. The molecule has 0 aliphatic rings. The lowest BCUT2D eigenvalue weighted by atomic mass is 10.0.